The number of thiazole rings is 1. The highest BCUT2D eigenvalue weighted by atomic mass is 32.1. The number of nitrogens with zero attached hydrogens (tertiary/aromatic N) is 4. The van der Waals surface area contributed by atoms with E-state index in [1.54, 1.807) is 23.7 Å². The summed E-state index contributed by atoms with van der Waals surface area (Å²) in [5.41, 5.74) is 2.04. The molecule has 4 heterocycles. The lowest BCUT2D eigenvalue weighted by Gasteiger charge is -1.98. The van der Waals surface area contributed by atoms with Gasteiger partial charge >= 0.3 is 0 Å². The zero-order chi connectivity index (χ0) is 11.2. The topological polar surface area (TPSA) is 34.6 Å². The van der Waals surface area contributed by atoms with E-state index >= 15 is 0 Å². The van der Waals surface area contributed by atoms with Gasteiger partial charge in [0.05, 0.1) is 11.1 Å². The zero-order valence-corrected chi connectivity index (χ0v) is 9.56. The third-order valence-corrected chi connectivity index (χ3v) is 3.69. The van der Waals surface area contributed by atoms with Crippen molar-refractivity contribution in [3.63, 3.8) is 0 Å². The van der Waals surface area contributed by atoms with Gasteiger partial charge in [-0.25, -0.2) is 9.97 Å². The first kappa shape index (κ1) is 8.95. The molecule has 0 aliphatic rings. The molecule has 17 heavy (non-hydrogen) atoms. The molecule has 0 fully saturated rings. The fourth-order valence-corrected chi connectivity index (χ4v) is 2.83. The maximum Gasteiger partial charge on any atom is 0.194 e. The molecular weight excluding hydrogens is 232 g/mol. The molecule has 4 rings (SSSR count). The van der Waals surface area contributed by atoms with E-state index in [2.05, 4.69) is 22.2 Å². The standard InChI is InChI=1S/C12H7N4S/c1-2-9(11-13-3-6-15(11)5-1)10-8-16-7-4-14-12(16)17-10/h1-7H. The Bertz CT molecular complexity index is 779. The molecule has 0 spiro atoms. The Kier molecular flexibility index (Phi) is 1.67. The van der Waals surface area contributed by atoms with Gasteiger partial charge in [0.25, 0.3) is 0 Å². The van der Waals surface area contributed by atoms with E-state index in [1.165, 1.54) is 0 Å². The average Bonchev–Trinajstić information content (AvgIpc) is 3.02. The molecule has 0 saturated carbocycles. The summed E-state index contributed by atoms with van der Waals surface area (Å²) in [6.07, 6.45) is 12.7. The Morgan fingerprint density at radius 2 is 2.06 bits per heavy atom. The normalized spacial score (nSPS) is 11.5. The van der Waals surface area contributed by atoms with Crippen molar-refractivity contribution < 1.29 is 0 Å². The minimum Gasteiger partial charge on any atom is -0.307 e. The van der Waals surface area contributed by atoms with E-state index in [4.69, 9.17) is 0 Å². The monoisotopic (exact) mass is 239 g/mol. The lowest BCUT2D eigenvalue weighted by atomic mass is 10.2. The number of hydrogen-bond donors (Lipinski definition) is 0. The number of pyridine rings is 1. The Morgan fingerprint density at radius 3 is 3.00 bits per heavy atom. The van der Waals surface area contributed by atoms with Crippen molar-refractivity contribution in [2.24, 2.45) is 0 Å². The van der Waals surface area contributed by atoms with Gasteiger partial charge in [-0.15, -0.1) is 0 Å². The molecule has 4 nitrogen and oxygen atoms in total. The summed E-state index contributed by atoms with van der Waals surface area (Å²) in [6.45, 7) is 0. The molecule has 0 amide bonds. The summed E-state index contributed by atoms with van der Waals surface area (Å²) in [5, 5.41) is 0. The fourth-order valence-electron chi connectivity index (χ4n) is 1.91. The minimum atomic E-state index is 0.952. The first-order valence-corrected chi connectivity index (χ1v) is 6.01. The molecule has 0 unspecified atom stereocenters. The van der Waals surface area contributed by atoms with Crippen LogP contribution in [-0.2, 0) is 0 Å². The molecule has 5 heteroatoms. The van der Waals surface area contributed by atoms with Gasteiger partial charge in [0.15, 0.2) is 4.96 Å². The highest BCUT2D eigenvalue weighted by molar-refractivity contribution is 7.20. The summed E-state index contributed by atoms with van der Waals surface area (Å²) in [4.78, 5) is 10.6. The predicted octanol–water partition coefficient (Wildman–Crippen LogP) is 2.51. The minimum absolute atomic E-state index is 0.952. The third-order valence-electron chi connectivity index (χ3n) is 2.69. The largest absolute Gasteiger partial charge is 0.307 e. The van der Waals surface area contributed by atoms with Crippen LogP contribution in [0.4, 0.5) is 0 Å². The van der Waals surface area contributed by atoms with Gasteiger partial charge in [-0.2, -0.15) is 0 Å². The van der Waals surface area contributed by atoms with E-state index < -0.39 is 0 Å². The summed E-state index contributed by atoms with van der Waals surface area (Å²) in [5.74, 6) is 0. The highest BCUT2D eigenvalue weighted by Gasteiger charge is 2.09. The molecule has 0 aromatic carbocycles. The molecule has 0 atom stereocenters. The molecule has 4 aromatic heterocycles. The van der Waals surface area contributed by atoms with Crippen molar-refractivity contribution in [3.8, 4) is 10.4 Å². The van der Waals surface area contributed by atoms with Gasteiger partial charge in [-0.05, 0) is 12.1 Å². The third kappa shape index (κ3) is 1.23. The van der Waals surface area contributed by atoms with Crippen LogP contribution in [0.5, 0.6) is 0 Å². The summed E-state index contributed by atoms with van der Waals surface area (Å²) >= 11 is 1.62. The molecule has 0 bridgehead atoms. The Morgan fingerprint density at radius 1 is 1.12 bits per heavy atom. The molecule has 0 aliphatic carbocycles. The van der Waals surface area contributed by atoms with Crippen LogP contribution in [0.25, 0.3) is 21.0 Å². The number of fused-ring (bicyclic) bond motifs is 2. The van der Waals surface area contributed by atoms with Crippen LogP contribution >= 0.6 is 11.3 Å². The maximum atomic E-state index is 4.37. The van der Waals surface area contributed by atoms with E-state index in [-0.39, 0.29) is 0 Å². The Labute approximate surface area is 101 Å². The SMILES string of the molecule is [c]1c(-c2cccn3ccnc23)sc2nccn12. The van der Waals surface area contributed by atoms with Crippen molar-refractivity contribution in [3.05, 3.63) is 49.3 Å². The Balaban J connectivity index is 2.04. The molecule has 0 aliphatic heterocycles. The van der Waals surface area contributed by atoms with Crippen molar-refractivity contribution >= 4 is 21.9 Å². The van der Waals surface area contributed by atoms with Crippen molar-refractivity contribution in [2.45, 2.75) is 0 Å². The van der Waals surface area contributed by atoms with Crippen LogP contribution < -0.4 is 0 Å². The van der Waals surface area contributed by atoms with Gasteiger partial charge in [0.2, 0.25) is 0 Å². The van der Waals surface area contributed by atoms with Gasteiger partial charge < -0.3 is 4.40 Å². The van der Waals surface area contributed by atoms with Crippen LogP contribution in [0, 0.1) is 6.20 Å². The molecule has 81 valence electrons. The lowest BCUT2D eigenvalue weighted by Crippen LogP contribution is -1.85. The Hall–Kier alpha value is -2.14. The molecule has 0 N–H and O–H groups in total. The van der Waals surface area contributed by atoms with Crippen LogP contribution in [0.15, 0.2) is 43.1 Å². The van der Waals surface area contributed by atoms with E-state index in [1.807, 2.05) is 33.5 Å². The first-order chi connectivity index (χ1) is 8.42. The summed E-state index contributed by atoms with van der Waals surface area (Å²) in [6, 6.07) is 4.07. The number of imidazole rings is 2. The molecule has 0 saturated heterocycles. The van der Waals surface area contributed by atoms with E-state index in [9.17, 15) is 0 Å². The molecule has 1 radical (unpaired) electrons. The second kappa shape index (κ2) is 3.18. The van der Waals surface area contributed by atoms with E-state index in [0.29, 0.717) is 0 Å². The lowest BCUT2D eigenvalue weighted by molar-refractivity contribution is 1.18. The molecular formula is C12H7N4S. The first-order valence-electron chi connectivity index (χ1n) is 5.19. The predicted molar refractivity (Wildman–Crippen MR) is 66.1 cm³/mol. The van der Waals surface area contributed by atoms with Crippen LogP contribution in [0.3, 0.4) is 0 Å². The fraction of sp³-hybridized carbons (Fsp3) is 0. The maximum absolute atomic E-state index is 4.37. The van der Waals surface area contributed by atoms with Crippen LogP contribution in [0.1, 0.15) is 0 Å². The van der Waals surface area contributed by atoms with Crippen molar-refractivity contribution in [1.82, 2.24) is 18.8 Å². The average molecular weight is 239 g/mol. The quantitative estimate of drug-likeness (QED) is 0.511. The number of hydrogen-bond acceptors (Lipinski definition) is 3. The van der Waals surface area contributed by atoms with Gasteiger partial charge in [0.1, 0.15) is 5.65 Å². The van der Waals surface area contributed by atoms with Crippen molar-refractivity contribution in [1.29, 1.82) is 0 Å². The van der Waals surface area contributed by atoms with Gasteiger partial charge in [-0.3, -0.25) is 4.40 Å². The van der Waals surface area contributed by atoms with E-state index in [0.717, 1.165) is 21.0 Å². The number of rotatable bonds is 1. The number of aromatic nitrogens is 4. The van der Waals surface area contributed by atoms with Gasteiger partial charge in [0, 0.05) is 36.5 Å². The zero-order valence-electron chi connectivity index (χ0n) is 8.74. The van der Waals surface area contributed by atoms with Gasteiger partial charge in [-0.1, -0.05) is 11.3 Å². The molecule has 4 aromatic rings. The summed E-state index contributed by atoms with van der Waals surface area (Å²) < 4.78 is 3.91. The smallest absolute Gasteiger partial charge is 0.194 e. The second-order valence-electron chi connectivity index (χ2n) is 3.70. The van der Waals surface area contributed by atoms with Crippen molar-refractivity contribution in [2.75, 3.05) is 0 Å². The second-order valence-corrected chi connectivity index (χ2v) is 4.68. The highest BCUT2D eigenvalue weighted by Crippen LogP contribution is 2.29. The summed E-state index contributed by atoms with van der Waals surface area (Å²) in [7, 11) is 0. The van der Waals surface area contributed by atoms with Crippen LogP contribution in [-0.4, -0.2) is 18.8 Å². The van der Waals surface area contributed by atoms with Crippen LogP contribution in [0.2, 0.25) is 0 Å².